The molecule has 0 aliphatic carbocycles. The fourth-order valence-electron chi connectivity index (χ4n) is 4.18. The molecule has 8 heteroatoms. The van der Waals surface area contributed by atoms with Crippen LogP contribution in [0, 0.1) is 0 Å². The Morgan fingerprint density at radius 2 is 1.62 bits per heavy atom. The van der Waals surface area contributed by atoms with Gasteiger partial charge in [-0.1, -0.05) is 67.3 Å². The summed E-state index contributed by atoms with van der Waals surface area (Å²) in [4.78, 5) is 49.5. The Hall–Kier alpha value is -4.46. The van der Waals surface area contributed by atoms with Crippen LogP contribution in [0.5, 0.6) is 0 Å². The molecular weight excluding hydrogens is 506 g/mol. The number of allylic oxidation sites excluding steroid dienone is 3. The maximum Gasteiger partial charge on any atom is 0.309 e. The summed E-state index contributed by atoms with van der Waals surface area (Å²) >= 11 is 0. The fraction of sp³-hybridized carbons (Fsp3) is 0.312. The van der Waals surface area contributed by atoms with Crippen LogP contribution in [0.2, 0.25) is 0 Å². The maximum absolute atomic E-state index is 13.2. The van der Waals surface area contributed by atoms with E-state index in [0.29, 0.717) is 17.6 Å². The van der Waals surface area contributed by atoms with E-state index in [9.17, 15) is 19.2 Å². The zero-order chi connectivity index (χ0) is 29.5. The van der Waals surface area contributed by atoms with Crippen molar-refractivity contribution in [2.24, 2.45) is 0 Å². The van der Waals surface area contributed by atoms with Crippen molar-refractivity contribution in [2.45, 2.75) is 52.7 Å². The first-order chi connectivity index (χ1) is 19.2. The molecule has 0 saturated heterocycles. The van der Waals surface area contributed by atoms with E-state index in [2.05, 4.69) is 22.5 Å². The molecule has 2 unspecified atom stereocenters. The zero-order valence-electron chi connectivity index (χ0n) is 23.7. The van der Waals surface area contributed by atoms with Gasteiger partial charge < -0.3 is 20.7 Å². The maximum atomic E-state index is 13.2. The van der Waals surface area contributed by atoms with E-state index in [0.717, 1.165) is 16.3 Å². The number of carbonyl (C=O) groups is 4. The molecule has 0 aromatic heterocycles. The number of carbonyl (C=O) groups excluding carboxylic acids is 4. The Balaban J connectivity index is 1.85. The molecule has 2 atom stereocenters. The molecular formula is C32H39N3O5. The van der Waals surface area contributed by atoms with Crippen molar-refractivity contribution in [3.8, 4) is 0 Å². The molecule has 40 heavy (non-hydrogen) atoms. The largest absolute Gasteiger partial charge is 0.498 e. The number of hydrogen-bond donors (Lipinski definition) is 3. The van der Waals surface area contributed by atoms with E-state index in [1.165, 1.54) is 12.3 Å². The number of ketones is 1. The van der Waals surface area contributed by atoms with Gasteiger partial charge in [-0.25, -0.2) is 0 Å². The summed E-state index contributed by atoms with van der Waals surface area (Å²) in [6.07, 6.45) is 8.13. The Morgan fingerprint density at radius 1 is 0.925 bits per heavy atom. The van der Waals surface area contributed by atoms with E-state index in [-0.39, 0.29) is 43.3 Å². The Labute approximate surface area is 236 Å². The van der Waals surface area contributed by atoms with E-state index < -0.39 is 11.8 Å². The highest BCUT2D eigenvalue weighted by atomic mass is 16.5. The van der Waals surface area contributed by atoms with Crippen molar-refractivity contribution in [1.29, 1.82) is 0 Å². The molecule has 0 heterocycles. The van der Waals surface area contributed by atoms with Crippen LogP contribution in [-0.2, 0) is 23.9 Å². The minimum Gasteiger partial charge on any atom is -0.498 e. The van der Waals surface area contributed by atoms with Gasteiger partial charge in [0.1, 0.15) is 6.10 Å². The Morgan fingerprint density at radius 3 is 2.33 bits per heavy atom. The van der Waals surface area contributed by atoms with Crippen molar-refractivity contribution in [3.63, 3.8) is 0 Å². The number of fused-ring (bicyclic) bond motifs is 1. The number of nitrogens with one attached hydrogen (secondary N) is 3. The Kier molecular flexibility index (Phi) is 13.1. The standard InChI is InChI=1S/C32H39N3O5/c1-6-24(21-34-32(39)31(38)33-19-12-11-16-26(36)20-22(4)40-8-3)27(7-2)30(37)35-23(5)28-18-13-15-25-14-9-10-17-29(25)28/h6-11,13-18,22-23H,3,12,19-21H2,1-2,4-5H3,(H,33,38)(H,34,39)(H,35,37)/b16-11+,24-6-,27-7+. The van der Waals surface area contributed by atoms with Gasteiger partial charge in [-0.15, -0.1) is 0 Å². The molecule has 3 N–H and O–H groups in total. The summed E-state index contributed by atoms with van der Waals surface area (Å²) in [5.41, 5.74) is 2.00. The first kappa shape index (κ1) is 31.8. The number of hydrogen-bond acceptors (Lipinski definition) is 5. The number of rotatable bonds is 14. The average Bonchev–Trinajstić information content (AvgIpc) is 2.94. The molecule has 0 radical (unpaired) electrons. The van der Waals surface area contributed by atoms with Crippen LogP contribution < -0.4 is 16.0 Å². The van der Waals surface area contributed by atoms with Crippen LogP contribution >= 0.6 is 0 Å². The third-order valence-electron chi connectivity index (χ3n) is 6.23. The number of ether oxygens (including phenoxy) is 1. The van der Waals surface area contributed by atoms with E-state index in [1.54, 1.807) is 39.0 Å². The van der Waals surface area contributed by atoms with Crippen molar-refractivity contribution < 1.29 is 23.9 Å². The topological polar surface area (TPSA) is 114 Å². The van der Waals surface area contributed by atoms with Gasteiger partial charge in [0.15, 0.2) is 5.78 Å². The van der Waals surface area contributed by atoms with Gasteiger partial charge in [0.2, 0.25) is 0 Å². The third kappa shape index (κ3) is 9.69. The molecule has 0 aliphatic rings. The lowest BCUT2D eigenvalue weighted by Gasteiger charge is -2.19. The average molecular weight is 546 g/mol. The van der Waals surface area contributed by atoms with Gasteiger partial charge >= 0.3 is 11.8 Å². The second-order valence-electron chi connectivity index (χ2n) is 9.19. The van der Waals surface area contributed by atoms with E-state index in [1.807, 2.05) is 49.4 Å². The monoisotopic (exact) mass is 545 g/mol. The summed E-state index contributed by atoms with van der Waals surface area (Å²) < 4.78 is 5.11. The fourth-order valence-corrected chi connectivity index (χ4v) is 4.18. The van der Waals surface area contributed by atoms with E-state index >= 15 is 0 Å². The second-order valence-corrected chi connectivity index (χ2v) is 9.19. The van der Waals surface area contributed by atoms with Crippen LogP contribution in [0.3, 0.4) is 0 Å². The van der Waals surface area contributed by atoms with Gasteiger partial charge in [-0.3, -0.25) is 19.2 Å². The molecule has 0 bridgehead atoms. The second kappa shape index (κ2) is 16.5. The van der Waals surface area contributed by atoms with Gasteiger partial charge in [-0.05, 0) is 62.1 Å². The smallest absolute Gasteiger partial charge is 0.309 e. The summed E-state index contributed by atoms with van der Waals surface area (Å²) in [5.74, 6) is -1.98. The van der Waals surface area contributed by atoms with E-state index in [4.69, 9.17) is 4.74 Å². The summed E-state index contributed by atoms with van der Waals surface area (Å²) in [6, 6.07) is 13.7. The highest BCUT2D eigenvalue weighted by Gasteiger charge is 2.19. The molecule has 3 amide bonds. The molecule has 0 spiro atoms. The zero-order valence-corrected chi connectivity index (χ0v) is 23.7. The van der Waals surface area contributed by atoms with Crippen LogP contribution in [-0.4, -0.2) is 42.7 Å². The molecule has 2 aromatic rings. The highest BCUT2D eigenvalue weighted by Crippen LogP contribution is 2.24. The molecule has 2 aromatic carbocycles. The van der Waals surface area contributed by atoms with Crippen LogP contribution in [0.15, 0.2) is 90.8 Å². The number of benzene rings is 2. The predicted octanol–water partition coefficient (Wildman–Crippen LogP) is 4.60. The lowest BCUT2D eigenvalue weighted by atomic mass is 9.98. The first-order valence-corrected chi connectivity index (χ1v) is 13.3. The normalized spacial score (nSPS) is 13.4. The van der Waals surface area contributed by atoms with Crippen molar-refractivity contribution >= 4 is 34.3 Å². The van der Waals surface area contributed by atoms with Gasteiger partial charge in [-0.2, -0.15) is 0 Å². The predicted molar refractivity (Wildman–Crippen MR) is 158 cm³/mol. The SMILES string of the molecule is C=COC(C)CC(=O)/C=C/CCNC(=O)C(=O)NCC(=C/C)/C(=C\C)C(=O)NC(C)c1cccc2ccccc12. The summed E-state index contributed by atoms with van der Waals surface area (Å²) in [5, 5.41) is 10.3. The molecule has 8 nitrogen and oxygen atoms in total. The lowest BCUT2D eigenvalue weighted by Crippen LogP contribution is -2.41. The van der Waals surface area contributed by atoms with Crippen LogP contribution in [0.4, 0.5) is 0 Å². The molecule has 2 rings (SSSR count). The Bertz CT molecular complexity index is 1300. The van der Waals surface area contributed by atoms with Crippen molar-refractivity contribution in [2.75, 3.05) is 13.1 Å². The van der Waals surface area contributed by atoms with Crippen LogP contribution in [0.25, 0.3) is 10.8 Å². The highest BCUT2D eigenvalue weighted by molar-refractivity contribution is 6.35. The molecule has 0 saturated carbocycles. The van der Waals surface area contributed by atoms with Crippen molar-refractivity contribution in [3.05, 3.63) is 96.3 Å². The summed E-state index contributed by atoms with van der Waals surface area (Å²) in [6.45, 7) is 10.9. The molecule has 0 fully saturated rings. The minimum absolute atomic E-state index is 0.0118. The number of amides is 3. The van der Waals surface area contributed by atoms with Crippen molar-refractivity contribution in [1.82, 2.24) is 16.0 Å². The lowest BCUT2D eigenvalue weighted by molar-refractivity contribution is -0.139. The first-order valence-electron chi connectivity index (χ1n) is 13.3. The quantitative estimate of drug-likeness (QED) is 0.106. The minimum atomic E-state index is -0.810. The third-order valence-corrected chi connectivity index (χ3v) is 6.23. The van der Waals surface area contributed by atoms with Gasteiger partial charge in [0.05, 0.1) is 12.3 Å². The van der Waals surface area contributed by atoms with Crippen LogP contribution in [0.1, 0.15) is 52.1 Å². The molecule has 0 aliphatic heterocycles. The summed E-state index contributed by atoms with van der Waals surface area (Å²) in [7, 11) is 0. The van der Waals surface area contributed by atoms with Gasteiger partial charge in [0.25, 0.3) is 5.91 Å². The molecule has 212 valence electrons. The van der Waals surface area contributed by atoms with Gasteiger partial charge in [0, 0.05) is 25.1 Å².